The number of methoxy groups -OCH3 is 1. The van der Waals surface area contributed by atoms with Gasteiger partial charge in [-0.2, -0.15) is 11.8 Å². The molecule has 160 valence electrons. The van der Waals surface area contributed by atoms with E-state index >= 15 is 0 Å². The highest BCUT2D eigenvalue weighted by atomic mass is 127. The van der Waals surface area contributed by atoms with Gasteiger partial charge in [-0.05, 0) is 30.0 Å². The average Bonchev–Trinajstić information content (AvgIpc) is 2.66. The van der Waals surface area contributed by atoms with Crippen molar-refractivity contribution in [3.8, 4) is 0 Å². The molecule has 1 unspecified atom stereocenters. The van der Waals surface area contributed by atoms with Crippen LogP contribution in [0.4, 0.5) is 5.69 Å². The number of guanidine groups is 1. The Morgan fingerprint density at radius 1 is 1.18 bits per heavy atom. The number of nitrogens with one attached hydrogen (secondary N) is 2. The first kappa shape index (κ1) is 25.4. The van der Waals surface area contributed by atoms with Crippen molar-refractivity contribution in [1.29, 1.82) is 0 Å². The molecule has 2 rings (SSSR count). The second-order valence-electron chi connectivity index (χ2n) is 7.93. The van der Waals surface area contributed by atoms with Crippen molar-refractivity contribution in [2.45, 2.75) is 40.3 Å². The summed E-state index contributed by atoms with van der Waals surface area (Å²) in [5, 5.41) is 6.73. The summed E-state index contributed by atoms with van der Waals surface area (Å²) >= 11 is 2.04. The second kappa shape index (κ2) is 12.8. The maximum atomic E-state index is 5.63. The molecule has 0 aromatic heterocycles. The monoisotopic (exact) mass is 520 g/mol. The van der Waals surface area contributed by atoms with Crippen molar-refractivity contribution < 1.29 is 4.74 Å². The van der Waals surface area contributed by atoms with Crippen LogP contribution in [0.5, 0.6) is 0 Å². The lowest BCUT2D eigenvalue weighted by Gasteiger charge is -2.30. The Balaban J connectivity index is 0.00000392. The Bertz CT molecular complexity index is 583. The number of aliphatic imine (C=N–C) groups is 1. The van der Waals surface area contributed by atoms with Gasteiger partial charge in [0.2, 0.25) is 0 Å². The average molecular weight is 521 g/mol. The molecule has 1 aliphatic rings. The zero-order valence-electron chi connectivity index (χ0n) is 18.0. The van der Waals surface area contributed by atoms with Crippen LogP contribution in [0, 0.1) is 5.41 Å². The Labute approximate surface area is 192 Å². The first-order chi connectivity index (χ1) is 12.9. The summed E-state index contributed by atoms with van der Waals surface area (Å²) < 4.78 is 5.63. The van der Waals surface area contributed by atoms with Crippen LogP contribution in [0.3, 0.4) is 0 Å². The van der Waals surface area contributed by atoms with Gasteiger partial charge in [0.15, 0.2) is 5.96 Å². The molecule has 0 amide bonds. The molecule has 1 heterocycles. The molecule has 1 aromatic carbocycles. The quantitative estimate of drug-likeness (QED) is 0.324. The number of nitrogens with zero attached hydrogens (tertiary/aromatic N) is 2. The van der Waals surface area contributed by atoms with E-state index < -0.39 is 0 Å². The van der Waals surface area contributed by atoms with Crippen molar-refractivity contribution in [3.63, 3.8) is 0 Å². The molecule has 5 nitrogen and oxygen atoms in total. The highest BCUT2D eigenvalue weighted by Crippen LogP contribution is 2.21. The SMILES string of the molecule is CCNC(=NCc1ccc(N2CCSCC2)cc1)NCC(OC)C(C)(C)C.I. The number of hydrogen-bond acceptors (Lipinski definition) is 4. The Kier molecular flexibility index (Phi) is 11.6. The van der Waals surface area contributed by atoms with Crippen LogP contribution in [0.2, 0.25) is 0 Å². The predicted octanol–water partition coefficient (Wildman–Crippen LogP) is 3.97. The van der Waals surface area contributed by atoms with Gasteiger partial charge in [0.25, 0.3) is 0 Å². The first-order valence-corrected chi connectivity index (χ1v) is 11.1. The standard InChI is InChI=1S/C21H36N4OS.HI/c1-6-22-20(24-16-19(26-5)21(2,3)4)23-15-17-7-9-18(10-8-17)25-11-13-27-14-12-25;/h7-10,19H,6,11-16H2,1-5H3,(H2,22,23,24);1H. The largest absolute Gasteiger partial charge is 0.379 e. The van der Waals surface area contributed by atoms with E-state index in [0.717, 1.165) is 32.1 Å². The summed E-state index contributed by atoms with van der Waals surface area (Å²) in [4.78, 5) is 7.20. The van der Waals surface area contributed by atoms with E-state index in [9.17, 15) is 0 Å². The van der Waals surface area contributed by atoms with Gasteiger partial charge in [-0.3, -0.25) is 0 Å². The molecule has 0 bridgehead atoms. The normalized spacial score (nSPS) is 16.3. The number of halogens is 1. The maximum Gasteiger partial charge on any atom is 0.191 e. The molecule has 1 aromatic rings. The van der Waals surface area contributed by atoms with Crippen LogP contribution in [-0.2, 0) is 11.3 Å². The number of rotatable bonds is 7. The second-order valence-corrected chi connectivity index (χ2v) is 9.16. The molecule has 1 aliphatic heterocycles. The van der Waals surface area contributed by atoms with Gasteiger partial charge < -0.3 is 20.3 Å². The summed E-state index contributed by atoms with van der Waals surface area (Å²) in [6.07, 6.45) is 0.128. The van der Waals surface area contributed by atoms with E-state index in [1.165, 1.54) is 22.8 Å². The van der Waals surface area contributed by atoms with Gasteiger partial charge in [-0.25, -0.2) is 4.99 Å². The number of anilines is 1. The zero-order chi connectivity index (χ0) is 19.7. The van der Waals surface area contributed by atoms with Crippen LogP contribution in [0.1, 0.15) is 33.3 Å². The molecule has 0 radical (unpaired) electrons. The van der Waals surface area contributed by atoms with Gasteiger partial charge in [0.05, 0.1) is 12.6 Å². The Morgan fingerprint density at radius 3 is 2.36 bits per heavy atom. The fraction of sp³-hybridized carbons (Fsp3) is 0.667. The minimum Gasteiger partial charge on any atom is -0.379 e. The van der Waals surface area contributed by atoms with Gasteiger partial charge in [-0.15, -0.1) is 24.0 Å². The van der Waals surface area contributed by atoms with E-state index in [2.05, 4.69) is 67.5 Å². The van der Waals surface area contributed by atoms with E-state index in [4.69, 9.17) is 9.73 Å². The molecule has 1 fully saturated rings. The highest BCUT2D eigenvalue weighted by Gasteiger charge is 2.24. The van der Waals surface area contributed by atoms with Crippen LogP contribution < -0.4 is 15.5 Å². The minimum atomic E-state index is 0. The van der Waals surface area contributed by atoms with Crippen molar-refractivity contribution in [2.24, 2.45) is 10.4 Å². The van der Waals surface area contributed by atoms with Gasteiger partial charge >= 0.3 is 0 Å². The summed E-state index contributed by atoms with van der Waals surface area (Å²) in [6.45, 7) is 13.2. The van der Waals surface area contributed by atoms with E-state index in [0.29, 0.717) is 6.54 Å². The smallest absolute Gasteiger partial charge is 0.191 e. The summed E-state index contributed by atoms with van der Waals surface area (Å²) in [5.41, 5.74) is 2.63. The molecule has 0 aliphatic carbocycles. The molecule has 7 heteroatoms. The predicted molar refractivity (Wildman–Crippen MR) is 134 cm³/mol. The number of ether oxygens (including phenoxy) is 1. The van der Waals surface area contributed by atoms with Crippen molar-refractivity contribution in [3.05, 3.63) is 29.8 Å². The Morgan fingerprint density at radius 2 is 1.82 bits per heavy atom. The summed E-state index contributed by atoms with van der Waals surface area (Å²) in [5.74, 6) is 3.28. The summed E-state index contributed by atoms with van der Waals surface area (Å²) in [7, 11) is 1.77. The third kappa shape index (κ3) is 8.37. The van der Waals surface area contributed by atoms with Crippen molar-refractivity contribution in [1.82, 2.24) is 10.6 Å². The minimum absolute atomic E-state index is 0. The molecule has 1 atom stereocenters. The Hall–Kier alpha value is -0.670. The molecule has 28 heavy (non-hydrogen) atoms. The molecule has 2 N–H and O–H groups in total. The maximum absolute atomic E-state index is 5.63. The summed E-state index contributed by atoms with van der Waals surface area (Å²) in [6, 6.07) is 8.83. The third-order valence-corrected chi connectivity index (χ3v) is 5.72. The van der Waals surface area contributed by atoms with Crippen LogP contribution in [0.25, 0.3) is 0 Å². The first-order valence-electron chi connectivity index (χ1n) is 9.90. The lowest BCUT2D eigenvalue weighted by molar-refractivity contribution is 0.0205. The van der Waals surface area contributed by atoms with E-state index in [1.807, 2.05) is 11.8 Å². The lowest BCUT2D eigenvalue weighted by Crippen LogP contribution is -2.45. The van der Waals surface area contributed by atoms with Gasteiger partial charge in [0.1, 0.15) is 0 Å². The fourth-order valence-electron chi connectivity index (χ4n) is 3.08. The molecule has 0 spiro atoms. The number of hydrogen-bond donors (Lipinski definition) is 2. The lowest BCUT2D eigenvalue weighted by atomic mass is 9.89. The topological polar surface area (TPSA) is 48.9 Å². The number of benzene rings is 1. The molecule has 0 saturated carbocycles. The van der Waals surface area contributed by atoms with Crippen LogP contribution in [-0.4, -0.2) is 56.9 Å². The molecular formula is C21H37IN4OS. The van der Waals surface area contributed by atoms with Crippen LogP contribution >= 0.6 is 35.7 Å². The van der Waals surface area contributed by atoms with Crippen LogP contribution in [0.15, 0.2) is 29.3 Å². The van der Waals surface area contributed by atoms with Crippen molar-refractivity contribution in [2.75, 3.05) is 49.7 Å². The highest BCUT2D eigenvalue weighted by molar-refractivity contribution is 14.0. The van der Waals surface area contributed by atoms with Crippen molar-refractivity contribution >= 4 is 47.4 Å². The zero-order valence-corrected chi connectivity index (χ0v) is 21.1. The number of thioether (sulfide) groups is 1. The van der Waals surface area contributed by atoms with Gasteiger partial charge in [0, 0.05) is 50.5 Å². The molecular weight excluding hydrogens is 483 g/mol. The van der Waals surface area contributed by atoms with Gasteiger partial charge in [-0.1, -0.05) is 32.9 Å². The third-order valence-electron chi connectivity index (χ3n) is 4.78. The van der Waals surface area contributed by atoms with E-state index in [1.54, 1.807) is 7.11 Å². The molecule has 1 saturated heterocycles. The van der Waals surface area contributed by atoms with E-state index in [-0.39, 0.29) is 35.5 Å². The fourth-order valence-corrected chi connectivity index (χ4v) is 3.98.